The highest BCUT2D eigenvalue weighted by molar-refractivity contribution is 6.77. The maximum atomic E-state index is 14.0. The summed E-state index contributed by atoms with van der Waals surface area (Å²) in [7, 11) is 0.798. The Labute approximate surface area is 266 Å². The van der Waals surface area contributed by atoms with Crippen LogP contribution in [0, 0.1) is 0 Å². The normalized spacial score (nSPS) is 22.3. The Bertz CT molecular complexity index is 1400. The monoisotopic (exact) mass is 646 g/mol. The van der Waals surface area contributed by atoms with Gasteiger partial charge >= 0.3 is 5.97 Å². The van der Waals surface area contributed by atoms with Crippen molar-refractivity contribution in [3.8, 4) is 0 Å². The Hall–Kier alpha value is -2.65. The quantitative estimate of drug-likeness (QED) is 0.201. The zero-order valence-corrected chi connectivity index (χ0v) is 29.2. The van der Waals surface area contributed by atoms with Gasteiger partial charge in [0.25, 0.3) is 0 Å². The summed E-state index contributed by atoms with van der Waals surface area (Å²) in [6, 6.07) is 11.6. The average molecular weight is 648 g/mol. The third-order valence-electron chi connectivity index (χ3n) is 8.05. The van der Waals surface area contributed by atoms with E-state index in [4.69, 9.17) is 32.7 Å². The number of nitrogens with one attached hydrogen (secondary N) is 1. The molecule has 2 aromatic carbocycles. The number of benzene rings is 2. The summed E-state index contributed by atoms with van der Waals surface area (Å²) in [6.07, 6.45) is 0.00239. The first-order valence-corrected chi connectivity index (χ1v) is 18.7. The van der Waals surface area contributed by atoms with Crippen molar-refractivity contribution in [1.82, 2.24) is 4.90 Å². The van der Waals surface area contributed by atoms with Crippen LogP contribution in [-0.4, -0.2) is 61.8 Å². The number of likely N-dealkylation sites (tertiary alicyclic amines) is 1. The molecule has 0 saturated carbocycles. The second-order valence-electron chi connectivity index (χ2n) is 13.4. The van der Waals surface area contributed by atoms with Crippen molar-refractivity contribution in [3.63, 3.8) is 0 Å². The van der Waals surface area contributed by atoms with E-state index in [1.54, 1.807) is 65.1 Å². The summed E-state index contributed by atoms with van der Waals surface area (Å²) in [5.74, 6) is -1.65. The zero-order valence-electron chi connectivity index (χ0n) is 26.6. The Balaban J connectivity index is 0.000000557. The van der Waals surface area contributed by atoms with Crippen molar-refractivity contribution >= 4 is 54.7 Å². The standard InChI is InChI=1S/C27H28Cl2N2O4.C6H16OSi/c1-15(2)24-27(19-10-9-18(29)12-21(19)30-25(27)34)20(16-7-6-8-17(28)11-16)13-22(32)31(24)14-23(33)35-26(3,4)5;1-6(7-2)8(3,4)5/h6-12,20,24H,1,13-14H2,2-5H3,(H,30,34);6H,1-5H3/t20-,24+,27-;/m0./s1. The molecule has 1 fully saturated rings. The first-order chi connectivity index (χ1) is 19.8. The van der Waals surface area contributed by atoms with Crippen molar-refractivity contribution in [2.24, 2.45) is 0 Å². The summed E-state index contributed by atoms with van der Waals surface area (Å²) in [5.41, 5.74) is 1.13. The topological polar surface area (TPSA) is 84.9 Å². The van der Waals surface area contributed by atoms with Crippen LogP contribution in [0.3, 0.4) is 0 Å². The molecular weight excluding hydrogens is 603 g/mol. The minimum absolute atomic E-state index is 0.00239. The third kappa shape index (κ3) is 7.53. The highest BCUT2D eigenvalue weighted by Crippen LogP contribution is 2.56. The van der Waals surface area contributed by atoms with Gasteiger partial charge in [0.1, 0.15) is 17.6 Å². The summed E-state index contributed by atoms with van der Waals surface area (Å²) in [6.45, 7) is 20.0. The van der Waals surface area contributed by atoms with Crippen molar-refractivity contribution < 1.29 is 23.9 Å². The Morgan fingerprint density at radius 3 is 2.28 bits per heavy atom. The van der Waals surface area contributed by atoms with Crippen molar-refractivity contribution in [3.05, 3.63) is 75.8 Å². The molecule has 1 saturated heterocycles. The number of carbonyl (C=O) groups is 3. The predicted octanol–water partition coefficient (Wildman–Crippen LogP) is 7.38. The number of carbonyl (C=O) groups excluding carboxylic acids is 3. The van der Waals surface area contributed by atoms with Crippen LogP contribution in [0.4, 0.5) is 5.69 Å². The molecule has 2 aliphatic rings. The lowest BCUT2D eigenvalue weighted by Crippen LogP contribution is -2.64. The van der Waals surface area contributed by atoms with Crippen LogP contribution in [0.15, 0.2) is 54.6 Å². The molecule has 2 aliphatic heterocycles. The van der Waals surface area contributed by atoms with E-state index in [9.17, 15) is 14.4 Å². The molecule has 10 heteroatoms. The van der Waals surface area contributed by atoms with E-state index in [1.165, 1.54) is 4.90 Å². The van der Waals surface area contributed by atoms with Crippen LogP contribution in [-0.2, 0) is 29.3 Å². The van der Waals surface area contributed by atoms with Crippen LogP contribution in [0.2, 0.25) is 29.7 Å². The highest BCUT2D eigenvalue weighted by Gasteiger charge is 2.63. The molecule has 0 bridgehead atoms. The number of esters is 1. The predicted molar refractivity (Wildman–Crippen MR) is 177 cm³/mol. The molecular formula is C33H44Cl2N2O5Si. The van der Waals surface area contributed by atoms with Gasteiger partial charge in [-0.15, -0.1) is 0 Å². The number of piperidine rings is 1. The van der Waals surface area contributed by atoms with E-state index in [1.807, 2.05) is 12.1 Å². The van der Waals surface area contributed by atoms with Gasteiger partial charge in [0.2, 0.25) is 11.8 Å². The van der Waals surface area contributed by atoms with E-state index in [0.29, 0.717) is 32.6 Å². The lowest BCUT2D eigenvalue weighted by Gasteiger charge is -2.51. The van der Waals surface area contributed by atoms with E-state index in [0.717, 1.165) is 5.56 Å². The van der Waals surface area contributed by atoms with Gasteiger partial charge in [-0.25, -0.2) is 0 Å². The number of rotatable bonds is 6. The molecule has 7 nitrogen and oxygen atoms in total. The number of halogens is 2. The van der Waals surface area contributed by atoms with Crippen LogP contribution >= 0.6 is 23.2 Å². The zero-order chi connectivity index (χ0) is 32.5. The van der Waals surface area contributed by atoms with Crippen LogP contribution in [0.5, 0.6) is 0 Å². The molecule has 2 aromatic rings. The second-order valence-corrected chi connectivity index (χ2v) is 19.8. The van der Waals surface area contributed by atoms with Gasteiger partial charge < -0.3 is 19.7 Å². The summed E-state index contributed by atoms with van der Waals surface area (Å²) in [5, 5.41) is 3.95. The smallest absolute Gasteiger partial charge is 0.326 e. The van der Waals surface area contributed by atoms with Gasteiger partial charge in [-0.1, -0.05) is 73.2 Å². The molecule has 43 heavy (non-hydrogen) atoms. The largest absolute Gasteiger partial charge is 0.459 e. The molecule has 1 unspecified atom stereocenters. The van der Waals surface area contributed by atoms with Gasteiger partial charge in [-0.3, -0.25) is 14.4 Å². The SMILES string of the molecule is C=C(C)[C@H]1N(CC(=O)OC(C)(C)C)C(=O)C[C@@H](c2cccc(Cl)c2)[C@]12C(=O)Nc1cc(Cl)ccc12.COC(C)[Si](C)(C)C. The molecule has 0 aliphatic carbocycles. The molecule has 234 valence electrons. The fraction of sp³-hybridized carbons (Fsp3) is 0.485. The van der Waals surface area contributed by atoms with Gasteiger partial charge in [0.05, 0.1) is 14.1 Å². The lowest BCUT2D eigenvalue weighted by molar-refractivity contribution is -0.163. The van der Waals surface area contributed by atoms with Gasteiger partial charge in [-0.05, 0) is 70.0 Å². The molecule has 0 aromatic heterocycles. The first kappa shape index (κ1) is 34.8. The first-order valence-electron chi connectivity index (χ1n) is 14.4. The highest BCUT2D eigenvalue weighted by atomic mass is 35.5. The number of hydrogen-bond acceptors (Lipinski definition) is 5. The second kappa shape index (κ2) is 13.1. The van der Waals surface area contributed by atoms with E-state index >= 15 is 0 Å². The average Bonchev–Trinajstić information content (AvgIpc) is 3.14. The molecule has 2 heterocycles. The number of hydrogen-bond donors (Lipinski definition) is 1. The minimum Gasteiger partial charge on any atom is -0.459 e. The van der Waals surface area contributed by atoms with Crippen molar-refractivity contribution in [1.29, 1.82) is 0 Å². The maximum Gasteiger partial charge on any atom is 0.326 e. The Morgan fingerprint density at radius 2 is 1.77 bits per heavy atom. The fourth-order valence-electron chi connectivity index (χ4n) is 5.78. The number of ether oxygens (including phenoxy) is 2. The van der Waals surface area contributed by atoms with Gasteiger partial charge in [0.15, 0.2) is 0 Å². The van der Waals surface area contributed by atoms with Gasteiger partial charge in [-0.2, -0.15) is 0 Å². The maximum absolute atomic E-state index is 14.0. The summed E-state index contributed by atoms with van der Waals surface area (Å²) < 4.78 is 10.7. The number of fused-ring (bicyclic) bond motifs is 2. The number of amides is 2. The number of nitrogens with zero attached hydrogens (tertiary/aromatic N) is 1. The third-order valence-corrected chi connectivity index (χ3v) is 11.2. The van der Waals surface area contributed by atoms with Crippen LogP contribution in [0.1, 0.15) is 58.1 Å². The number of methoxy groups -OCH3 is 1. The molecule has 1 spiro atoms. The van der Waals surface area contributed by atoms with Crippen molar-refractivity contribution in [2.45, 2.75) is 89.4 Å². The van der Waals surface area contributed by atoms with E-state index in [-0.39, 0.29) is 24.8 Å². The van der Waals surface area contributed by atoms with Gasteiger partial charge in [0, 0.05) is 40.9 Å². The van der Waals surface area contributed by atoms with Crippen LogP contribution in [0.25, 0.3) is 0 Å². The Kier molecular flexibility index (Phi) is 10.6. The molecule has 2 amide bonds. The summed E-state index contributed by atoms with van der Waals surface area (Å²) in [4.78, 5) is 41.8. The molecule has 4 rings (SSSR count). The Morgan fingerprint density at radius 1 is 1.14 bits per heavy atom. The van der Waals surface area contributed by atoms with Crippen LogP contribution < -0.4 is 5.32 Å². The summed E-state index contributed by atoms with van der Waals surface area (Å²) >= 11 is 12.6. The molecule has 1 N–H and O–H groups in total. The molecule has 4 atom stereocenters. The molecule has 0 radical (unpaired) electrons. The fourth-order valence-corrected chi connectivity index (χ4v) is 6.86. The number of anilines is 1. The van der Waals surface area contributed by atoms with Crippen molar-refractivity contribution in [2.75, 3.05) is 19.0 Å². The van der Waals surface area contributed by atoms with E-state index < -0.39 is 37.0 Å². The minimum atomic E-state index is -1.24. The lowest BCUT2D eigenvalue weighted by atomic mass is 9.58. The van der Waals surface area contributed by atoms with E-state index in [2.05, 4.69) is 38.5 Å².